The molecule has 78 valence electrons. The molecule has 0 aromatic heterocycles. The van der Waals surface area contributed by atoms with Gasteiger partial charge >= 0.3 is 0 Å². The van der Waals surface area contributed by atoms with E-state index < -0.39 is 18.3 Å². The number of halogens is 4. The van der Waals surface area contributed by atoms with E-state index in [9.17, 15) is 13.2 Å². The van der Waals surface area contributed by atoms with E-state index in [1.54, 1.807) is 0 Å². The van der Waals surface area contributed by atoms with Gasteiger partial charge in [-0.3, -0.25) is 0 Å². The molecule has 0 saturated heterocycles. The van der Waals surface area contributed by atoms with Crippen LogP contribution in [-0.2, 0) is 0 Å². The Kier molecular flexibility index (Phi) is 3.80. The fourth-order valence-electron chi connectivity index (χ4n) is 0.916. The van der Waals surface area contributed by atoms with Gasteiger partial charge in [0, 0.05) is 4.47 Å². The van der Waals surface area contributed by atoms with Crippen LogP contribution in [0.25, 0.3) is 0 Å². The zero-order valence-corrected chi connectivity index (χ0v) is 8.98. The van der Waals surface area contributed by atoms with Gasteiger partial charge in [0.2, 0.25) is 0 Å². The summed E-state index contributed by atoms with van der Waals surface area (Å²) in [6, 6.07) is 3.07. The Morgan fingerprint density at radius 1 is 1.36 bits per heavy atom. The van der Waals surface area contributed by atoms with E-state index in [0.717, 1.165) is 0 Å². The molecule has 0 bridgehead atoms. The van der Waals surface area contributed by atoms with Crippen molar-refractivity contribution in [1.82, 2.24) is 0 Å². The maximum Gasteiger partial charge on any atom is 0.258 e. The van der Waals surface area contributed by atoms with Crippen LogP contribution in [0, 0.1) is 5.82 Å². The number of benzene rings is 1. The summed E-state index contributed by atoms with van der Waals surface area (Å²) in [5.74, 6) is -0.541. The van der Waals surface area contributed by atoms with E-state index in [4.69, 9.17) is 0 Å². The lowest BCUT2D eigenvalue weighted by Gasteiger charge is -2.14. The maximum absolute atomic E-state index is 13.1. The van der Waals surface area contributed by atoms with Crippen molar-refractivity contribution in [2.45, 2.75) is 19.4 Å². The molecule has 0 aliphatic rings. The summed E-state index contributed by atoms with van der Waals surface area (Å²) in [6.45, 7) is 1.30. The van der Waals surface area contributed by atoms with Crippen LogP contribution in [0.1, 0.15) is 6.92 Å². The minimum Gasteiger partial charge on any atom is -0.374 e. The summed E-state index contributed by atoms with van der Waals surface area (Å²) in [4.78, 5) is 0. The van der Waals surface area contributed by atoms with Crippen LogP contribution in [-0.4, -0.2) is 12.5 Å². The molecule has 14 heavy (non-hydrogen) atoms. The molecule has 1 aromatic rings. The summed E-state index contributed by atoms with van der Waals surface area (Å²) in [7, 11) is 0. The van der Waals surface area contributed by atoms with Crippen molar-refractivity contribution in [2.75, 3.05) is 5.32 Å². The molecule has 1 aromatic carbocycles. The van der Waals surface area contributed by atoms with Gasteiger partial charge in [-0.2, -0.15) is 0 Å². The third-order valence-electron chi connectivity index (χ3n) is 1.69. The summed E-state index contributed by atoms with van der Waals surface area (Å²) >= 11 is 3.13. The number of anilines is 1. The molecule has 1 atom stereocenters. The van der Waals surface area contributed by atoms with Crippen molar-refractivity contribution in [2.24, 2.45) is 0 Å². The van der Waals surface area contributed by atoms with Gasteiger partial charge < -0.3 is 5.32 Å². The Hall–Kier alpha value is -0.710. The van der Waals surface area contributed by atoms with E-state index in [0.29, 0.717) is 4.47 Å². The highest BCUT2D eigenvalue weighted by Gasteiger charge is 2.15. The summed E-state index contributed by atoms with van der Waals surface area (Å²) in [5.41, 5.74) is 0.0761. The molecule has 0 fully saturated rings. The average molecular weight is 268 g/mol. The van der Waals surface area contributed by atoms with Crippen LogP contribution in [0.15, 0.2) is 22.7 Å². The number of alkyl halides is 2. The highest BCUT2D eigenvalue weighted by molar-refractivity contribution is 9.10. The quantitative estimate of drug-likeness (QED) is 0.882. The van der Waals surface area contributed by atoms with Gasteiger partial charge in [0.1, 0.15) is 5.82 Å². The molecule has 5 heteroatoms. The number of hydrogen-bond acceptors (Lipinski definition) is 1. The number of rotatable bonds is 3. The summed E-state index contributed by atoms with van der Waals surface area (Å²) < 4.78 is 38.0. The molecule has 1 N–H and O–H groups in total. The topological polar surface area (TPSA) is 12.0 Å². The Morgan fingerprint density at radius 2 is 2.00 bits per heavy atom. The van der Waals surface area contributed by atoms with Crippen LogP contribution < -0.4 is 5.32 Å². The molecule has 1 nitrogen and oxygen atoms in total. The van der Waals surface area contributed by atoms with E-state index in [2.05, 4.69) is 21.2 Å². The van der Waals surface area contributed by atoms with Crippen LogP contribution >= 0.6 is 15.9 Å². The molecule has 1 unspecified atom stereocenters. The Balaban J connectivity index is 2.80. The van der Waals surface area contributed by atoms with Crippen LogP contribution in [0.4, 0.5) is 18.9 Å². The van der Waals surface area contributed by atoms with E-state index >= 15 is 0 Å². The predicted molar refractivity (Wildman–Crippen MR) is 53.2 cm³/mol. The van der Waals surface area contributed by atoms with Crippen molar-refractivity contribution in [3.05, 3.63) is 28.5 Å². The average Bonchev–Trinajstić information content (AvgIpc) is 2.11. The second-order valence-electron chi connectivity index (χ2n) is 2.89. The molecular formula is C9H9BrF3N. The van der Waals surface area contributed by atoms with Gasteiger partial charge in [-0.1, -0.05) is 15.9 Å². The van der Waals surface area contributed by atoms with Crippen LogP contribution in [0.2, 0.25) is 0 Å². The van der Waals surface area contributed by atoms with Crippen molar-refractivity contribution in [1.29, 1.82) is 0 Å². The zero-order valence-electron chi connectivity index (χ0n) is 7.40. The lowest BCUT2D eigenvalue weighted by Crippen LogP contribution is -2.24. The van der Waals surface area contributed by atoms with Crippen LogP contribution in [0.3, 0.4) is 0 Å². The van der Waals surface area contributed by atoms with Crippen molar-refractivity contribution in [3.63, 3.8) is 0 Å². The second-order valence-corrected chi connectivity index (χ2v) is 3.81. The first-order valence-electron chi connectivity index (χ1n) is 4.00. The Morgan fingerprint density at radius 3 is 2.57 bits per heavy atom. The van der Waals surface area contributed by atoms with Crippen molar-refractivity contribution < 1.29 is 13.2 Å². The first-order valence-corrected chi connectivity index (χ1v) is 4.79. The third-order valence-corrected chi connectivity index (χ3v) is 2.18. The second kappa shape index (κ2) is 4.68. The maximum atomic E-state index is 13.1. The number of nitrogens with one attached hydrogen (secondary N) is 1. The molecule has 0 amide bonds. The fraction of sp³-hybridized carbons (Fsp3) is 0.333. The first-order chi connectivity index (χ1) is 6.50. The van der Waals surface area contributed by atoms with Gasteiger partial charge in [0.15, 0.2) is 0 Å². The fourth-order valence-corrected chi connectivity index (χ4v) is 1.28. The lowest BCUT2D eigenvalue weighted by atomic mass is 10.2. The van der Waals surface area contributed by atoms with Gasteiger partial charge in [-0.25, -0.2) is 13.2 Å². The normalized spacial score (nSPS) is 13.0. The molecular weight excluding hydrogens is 259 g/mol. The monoisotopic (exact) mass is 267 g/mol. The highest BCUT2D eigenvalue weighted by Crippen LogP contribution is 2.21. The smallest absolute Gasteiger partial charge is 0.258 e. The molecule has 0 aliphatic heterocycles. The Labute approximate surface area is 88.4 Å². The van der Waals surface area contributed by atoms with Crippen molar-refractivity contribution in [3.8, 4) is 0 Å². The minimum absolute atomic E-state index is 0.0761. The molecule has 0 radical (unpaired) electrons. The molecule has 0 heterocycles. The third kappa shape index (κ3) is 2.90. The van der Waals surface area contributed by atoms with Gasteiger partial charge in [0.05, 0.1) is 11.7 Å². The number of hydrogen-bond donors (Lipinski definition) is 1. The predicted octanol–water partition coefficient (Wildman–Crippen LogP) is 3.65. The van der Waals surface area contributed by atoms with Gasteiger partial charge in [0.25, 0.3) is 6.43 Å². The molecule has 0 saturated carbocycles. The first kappa shape index (κ1) is 11.4. The SMILES string of the molecule is CC(Nc1cc(Br)ccc1F)C(F)F. The molecule has 0 spiro atoms. The summed E-state index contributed by atoms with van der Waals surface area (Å²) in [6.07, 6.45) is -2.52. The van der Waals surface area contributed by atoms with Gasteiger partial charge in [-0.15, -0.1) is 0 Å². The minimum atomic E-state index is -2.52. The molecule has 0 aliphatic carbocycles. The largest absolute Gasteiger partial charge is 0.374 e. The summed E-state index contributed by atoms with van der Waals surface area (Å²) in [5, 5.41) is 2.40. The van der Waals surface area contributed by atoms with Crippen LogP contribution in [0.5, 0.6) is 0 Å². The standard InChI is InChI=1S/C9H9BrF3N/c1-5(9(12)13)14-8-4-6(10)2-3-7(8)11/h2-5,9,14H,1H3. The van der Waals surface area contributed by atoms with Gasteiger partial charge in [-0.05, 0) is 25.1 Å². The highest BCUT2D eigenvalue weighted by atomic mass is 79.9. The lowest BCUT2D eigenvalue weighted by molar-refractivity contribution is 0.130. The van der Waals surface area contributed by atoms with Crippen molar-refractivity contribution >= 4 is 21.6 Å². The van der Waals surface area contributed by atoms with E-state index in [1.165, 1.54) is 25.1 Å². The van der Waals surface area contributed by atoms with E-state index in [-0.39, 0.29) is 5.69 Å². The van der Waals surface area contributed by atoms with E-state index in [1.807, 2.05) is 0 Å². The molecule has 1 rings (SSSR count). The zero-order chi connectivity index (χ0) is 10.7. The Bertz CT molecular complexity index is 317.